The van der Waals surface area contributed by atoms with Crippen molar-refractivity contribution in [3.05, 3.63) is 28.5 Å². The van der Waals surface area contributed by atoms with Crippen LogP contribution in [-0.4, -0.2) is 38.5 Å². The van der Waals surface area contributed by atoms with Gasteiger partial charge >= 0.3 is 0 Å². The Morgan fingerprint density at radius 1 is 1.11 bits per heavy atom. The van der Waals surface area contributed by atoms with Crippen LogP contribution in [0.2, 0.25) is 5.02 Å². The number of carbonyl (C=O) groups is 2. The fourth-order valence-electron chi connectivity index (χ4n) is 3.75. The predicted molar refractivity (Wildman–Crippen MR) is 105 cm³/mol. The third kappa shape index (κ3) is 4.12. The van der Waals surface area contributed by atoms with Crippen molar-refractivity contribution in [3.8, 4) is 17.2 Å². The van der Waals surface area contributed by atoms with Gasteiger partial charge in [0.1, 0.15) is 27.8 Å². The molecule has 0 saturated heterocycles. The normalized spacial score (nSPS) is 22.6. The minimum absolute atomic E-state index is 0.00489. The Hall–Kier alpha value is -2.21. The minimum Gasteiger partial charge on any atom is -0.496 e. The molecular weight excluding hydrogens is 384 g/mol. The van der Waals surface area contributed by atoms with Crippen molar-refractivity contribution in [1.29, 1.82) is 0 Å². The number of carbonyl (C=O) groups excluding carboxylic acids is 2. The maximum absolute atomic E-state index is 12.1. The van der Waals surface area contributed by atoms with Gasteiger partial charge in [0.15, 0.2) is 23.9 Å². The summed E-state index contributed by atoms with van der Waals surface area (Å²) in [7, 11) is 2.93. The Morgan fingerprint density at radius 3 is 2.39 bits per heavy atom. The lowest BCUT2D eigenvalue weighted by atomic mass is 9.90. The van der Waals surface area contributed by atoms with Crippen LogP contribution >= 0.6 is 11.6 Å². The largest absolute Gasteiger partial charge is 0.496 e. The molecule has 0 unspecified atom stereocenters. The second-order valence-electron chi connectivity index (χ2n) is 7.21. The number of hydrogen-bond acceptors (Lipinski definition) is 6. The highest BCUT2D eigenvalue weighted by Gasteiger charge is 2.35. The van der Waals surface area contributed by atoms with Crippen molar-refractivity contribution < 1.29 is 28.5 Å². The number of benzene rings is 1. The molecule has 2 atom stereocenters. The van der Waals surface area contributed by atoms with Gasteiger partial charge in [-0.2, -0.15) is 0 Å². The number of halogens is 1. The van der Waals surface area contributed by atoms with Crippen molar-refractivity contribution in [2.24, 2.45) is 5.92 Å². The van der Waals surface area contributed by atoms with Crippen molar-refractivity contribution in [2.75, 3.05) is 14.2 Å². The van der Waals surface area contributed by atoms with Crippen LogP contribution < -0.4 is 14.2 Å². The number of ketones is 1. The summed E-state index contributed by atoms with van der Waals surface area (Å²) in [6.45, 7) is 1.92. The minimum atomic E-state index is -0.536. The van der Waals surface area contributed by atoms with E-state index in [1.54, 1.807) is 6.07 Å². The molecule has 3 rings (SSSR count). The molecule has 0 heterocycles. The molecule has 1 aromatic rings. The van der Waals surface area contributed by atoms with E-state index in [1.165, 1.54) is 20.3 Å². The first-order valence-corrected chi connectivity index (χ1v) is 9.83. The molecule has 2 aliphatic rings. The second-order valence-corrected chi connectivity index (χ2v) is 7.59. The van der Waals surface area contributed by atoms with Gasteiger partial charge in [-0.05, 0) is 25.7 Å². The molecule has 28 heavy (non-hydrogen) atoms. The lowest BCUT2D eigenvalue weighted by Gasteiger charge is -2.32. The van der Waals surface area contributed by atoms with Crippen LogP contribution in [0.25, 0.3) is 0 Å². The first-order valence-electron chi connectivity index (χ1n) is 9.45. The van der Waals surface area contributed by atoms with Crippen LogP contribution in [-0.2, 0) is 9.53 Å². The topological polar surface area (TPSA) is 71.1 Å². The van der Waals surface area contributed by atoms with E-state index >= 15 is 0 Å². The van der Waals surface area contributed by atoms with E-state index in [0.29, 0.717) is 30.0 Å². The van der Waals surface area contributed by atoms with Gasteiger partial charge in [-0.3, -0.25) is 9.59 Å². The van der Waals surface area contributed by atoms with Crippen LogP contribution in [0.4, 0.5) is 0 Å². The Bertz CT molecular complexity index is 782. The predicted octanol–water partition coefficient (Wildman–Crippen LogP) is 4.37. The van der Waals surface area contributed by atoms with E-state index in [9.17, 15) is 9.59 Å². The van der Waals surface area contributed by atoms with Crippen LogP contribution in [0, 0.1) is 5.92 Å². The van der Waals surface area contributed by atoms with Crippen molar-refractivity contribution in [2.45, 2.75) is 51.2 Å². The molecular formula is C21H25ClO6. The van der Waals surface area contributed by atoms with Crippen molar-refractivity contribution in [1.82, 2.24) is 0 Å². The van der Waals surface area contributed by atoms with Gasteiger partial charge in [-0.25, -0.2) is 0 Å². The maximum atomic E-state index is 12.1. The number of ether oxygens (including phenoxy) is 4. The Balaban J connectivity index is 1.98. The zero-order valence-electron chi connectivity index (χ0n) is 16.3. The molecule has 152 valence electrons. The molecule has 0 spiro atoms. The third-order valence-electron chi connectivity index (χ3n) is 5.22. The van der Waals surface area contributed by atoms with Gasteiger partial charge in [0.05, 0.1) is 20.3 Å². The molecule has 0 radical (unpaired) electrons. The van der Waals surface area contributed by atoms with Gasteiger partial charge in [0.2, 0.25) is 0 Å². The lowest BCUT2D eigenvalue weighted by molar-refractivity contribution is -0.117. The molecule has 7 heteroatoms. The summed E-state index contributed by atoms with van der Waals surface area (Å²) in [6.07, 6.45) is 6.16. The molecule has 0 aliphatic heterocycles. The Kier molecular flexibility index (Phi) is 6.50. The highest BCUT2D eigenvalue weighted by molar-refractivity contribution is 6.34. The SMILES string of the molecule is COc1cc(OC)c(C=O)c(O[C@@H]2C(OC3CCCC3)=CC(=O)C[C@H]2C)c1Cl. The molecule has 1 saturated carbocycles. The quantitative estimate of drug-likeness (QED) is 0.624. The van der Waals surface area contributed by atoms with E-state index < -0.39 is 6.10 Å². The van der Waals surface area contributed by atoms with Gasteiger partial charge in [-0.15, -0.1) is 0 Å². The molecule has 0 N–H and O–H groups in total. The van der Waals surface area contributed by atoms with Gasteiger partial charge in [-0.1, -0.05) is 18.5 Å². The summed E-state index contributed by atoms with van der Waals surface area (Å²) in [5.41, 5.74) is 0.192. The summed E-state index contributed by atoms with van der Waals surface area (Å²) in [5.74, 6) is 1.16. The van der Waals surface area contributed by atoms with E-state index in [1.807, 2.05) is 6.92 Å². The molecule has 1 aromatic carbocycles. The Labute approximate surface area is 169 Å². The lowest BCUT2D eigenvalue weighted by Crippen LogP contribution is -2.35. The molecule has 2 aliphatic carbocycles. The Morgan fingerprint density at radius 2 is 1.79 bits per heavy atom. The summed E-state index contributed by atoms with van der Waals surface area (Å²) in [6, 6.07) is 1.54. The average Bonchev–Trinajstić information content (AvgIpc) is 3.18. The second kappa shape index (κ2) is 8.86. The average molecular weight is 409 g/mol. The van der Waals surface area contributed by atoms with E-state index in [-0.39, 0.29) is 34.1 Å². The smallest absolute Gasteiger partial charge is 0.159 e. The van der Waals surface area contributed by atoms with Crippen molar-refractivity contribution >= 4 is 23.7 Å². The molecule has 0 bridgehead atoms. The summed E-state index contributed by atoms with van der Waals surface area (Å²) in [5, 5.41) is 0.176. The standard InChI is InChI=1S/C21H25ClO6/c1-12-8-13(24)9-18(27-14-6-4-5-7-14)20(12)28-21-15(11-23)16(25-2)10-17(26-3)19(21)22/h9-12,14,20H,4-8H2,1-3H3/t12-,20+/m1/s1. The summed E-state index contributed by atoms with van der Waals surface area (Å²) >= 11 is 6.44. The van der Waals surface area contributed by atoms with Gasteiger partial charge in [0.25, 0.3) is 0 Å². The molecule has 6 nitrogen and oxygen atoms in total. The number of rotatable bonds is 7. The van der Waals surface area contributed by atoms with E-state index in [2.05, 4.69) is 0 Å². The zero-order chi connectivity index (χ0) is 20.3. The summed E-state index contributed by atoms with van der Waals surface area (Å²) < 4.78 is 22.9. The molecule has 0 amide bonds. The maximum Gasteiger partial charge on any atom is 0.159 e. The number of hydrogen-bond donors (Lipinski definition) is 0. The zero-order valence-corrected chi connectivity index (χ0v) is 17.1. The van der Waals surface area contributed by atoms with Gasteiger partial charge < -0.3 is 18.9 Å². The number of allylic oxidation sites excluding steroid dienone is 1. The van der Waals surface area contributed by atoms with Gasteiger partial charge in [0, 0.05) is 24.5 Å². The monoisotopic (exact) mass is 408 g/mol. The first kappa shape index (κ1) is 20.5. The fourth-order valence-corrected chi connectivity index (χ4v) is 4.03. The number of methoxy groups -OCH3 is 2. The molecule has 0 aromatic heterocycles. The van der Waals surface area contributed by atoms with Crippen LogP contribution in [0.15, 0.2) is 17.9 Å². The van der Waals surface area contributed by atoms with Crippen molar-refractivity contribution in [3.63, 3.8) is 0 Å². The third-order valence-corrected chi connectivity index (χ3v) is 5.58. The van der Waals surface area contributed by atoms with E-state index in [4.69, 9.17) is 30.5 Å². The highest BCUT2D eigenvalue weighted by Crippen LogP contribution is 2.44. The van der Waals surface area contributed by atoms with E-state index in [0.717, 1.165) is 25.7 Å². The number of aldehydes is 1. The fraction of sp³-hybridized carbons (Fsp3) is 0.524. The first-order chi connectivity index (χ1) is 13.5. The van der Waals surface area contributed by atoms with Crippen LogP contribution in [0.3, 0.4) is 0 Å². The highest BCUT2D eigenvalue weighted by atomic mass is 35.5. The molecule has 1 fully saturated rings. The van der Waals surface area contributed by atoms with Crippen LogP contribution in [0.1, 0.15) is 49.4 Å². The van der Waals surface area contributed by atoms with Crippen LogP contribution in [0.5, 0.6) is 17.2 Å². The summed E-state index contributed by atoms with van der Waals surface area (Å²) in [4.78, 5) is 23.8.